The van der Waals surface area contributed by atoms with Crippen molar-refractivity contribution in [1.82, 2.24) is 4.98 Å². The maximum Gasteiger partial charge on any atom is 0.399 e. The van der Waals surface area contributed by atoms with Gasteiger partial charge in [0, 0.05) is 0 Å². The summed E-state index contributed by atoms with van der Waals surface area (Å²) in [6.07, 6.45) is 0.962. The van der Waals surface area contributed by atoms with Gasteiger partial charge in [0.15, 0.2) is 5.69 Å². The zero-order valence-electron chi connectivity index (χ0n) is 9.43. The summed E-state index contributed by atoms with van der Waals surface area (Å²) in [4.78, 5) is 14.3. The fraction of sp³-hybridized carbons (Fsp3) is 0.167. The van der Waals surface area contributed by atoms with E-state index in [0.29, 0.717) is 5.75 Å². The second-order valence-electron chi connectivity index (χ2n) is 3.65. The highest BCUT2D eigenvalue weighted by molar-refractivity contribution is 5.84. The van der Waals surface area contributed by atoms with E-state index >= 15 is 0 Å². The van der Waals surface area contributed by atoms with E-state index in [-0.39, 0.29) is 11.8 Å². The van der Waals surface area contributed by atoms with Gasteiger partial charge in [-0.15, -0.1) is 0 Å². The number of ether oxygens (including phenoxy) is 1. The summed E-state index contributed by atoms with van der Waals surface area (Å²) in [5.41, 5.74) is 2.05. The van der Waals surface area contributed by atoms with E-state index in [2.05, 4.69) is 4.98 Å². The molecule has 0 saturated carbocycles. The third-order valence-electron chi connectivity index (χ3n) is 2.39. The molecule has 0 spiro atoms. The number of aromatic nitrogens is 1. The van der Waals surface area contributed by atoms with Gasteiger partial charge in [-0.25, -0.2) is 4.79 Å². The number of carbonyl (C=O) groups is 1. The van der Waals surface area contributed by atoms with Crippen LogP contribution in [0.5, 0.6) is 11.8 Å². The Balaban J connectivity index is 2.19. The molecule has 0 radical (unpaired) electrons. The summed E-state index contributed by atoms with van der Waals surface area (Å²) >= 11 is 0. The van der Waals surface area contributed by atoms with Gasteiger partial charge in [-0.05, 0) is 37.1 Å². The maximum absolute atomic E-state index is 10.6. The second-order valence-corrected chi connectivity index (χ2v) is 3.65. The molecule has 17 heavy (non-hydrogen) atoms. The molecule has 5 nitrogen and oxygen atoms in total. The van der Waals surface area contributed by atoms with Gasteiger partial charge in [0.25, 0.3) is 0 Å². The summed E-state index contributed by atoms with van der Waals surface area (Å²) in [6, 6.07) is 5.51. The Morgan fingerprint density at radius 3 is 2.71 bits per heavy atom. The van der Waals surface area contributed by atoms with E-state index in [9.17, 15) is 4.79 Å². The first-order chi connectivity index (χ1) is 8.06. The largest absolute Gasteiger partial charge is 0.476 e. The first-order valence-electron chi connectivity index (χ1n) is 5.00. The fourth-order valence-electron chi connectivity index (χ4n) is 1.28. The number of nitrogens with zero attached hydrogens (tertiary/aromatic N) is 1. The Hall–Kier alpha value is -2.30. The summed E-state index contributed by atoms with van der Waals surface area (Å²) in [5, 5.41) is 8.67. The van der Waals surface area contributed by atoms with Crippen LogP contribution in [0, 0.1) is 13.8 Å². The molecule has 0 atom stereocenters. The minimum absolute atomic E-state index is 0.0781. The summed E-state index contributed by atoms with van der Waals surface area (Å²) in [5.74, 6) is -0.587. The van der Waals surface area contributed by atoms with Crippen LogP contribution in [-0.4, -0.2) is 16.1 Å². The summed E-state index contributed by atoms with van der Waals surface area (Å²) < 4.78 is 10.2. The lowest BCUT2D eigenvalue weighted by Crippen LogP contribution is -1.95. The van der Waals surface area contributed by atoms with Crippen LogP contribution >= 0.6 is 0 Å². The average molecular weight is 233 g/mol. The molecule has 1 aromatic carbocycles. The Kier molecular flexibility index (Phi) is 2.82. The Morgan fingerprint density at radius 2 is 2.12 bits per heavy atom. The van der Waals surface area contributed by atoms with Crippen molar-refractivity contribution in [3.8, 4) is 11.8 Å². The van der Waals surface area contributed by atoms with Gasteiger partial charge in [0.1, 0.15) is 12.0 Å². The van der Waals surface area contributed by atoms with E-state index in [4.69, 9.17) is 14.3 Å². The quantitative estimate of drug-likeness (QED) is 0.882. The smallest absolute Gasteiger partial charge is 0.399 e. The van der Waals surface area contributed by atoms with Gasteiger partial charge < -0.3 is 14.3 Å². The number of hydrogen-bond donors (Lipinski definition) is 1. The van der Waals surface area contributed by atoms with E-state index in [1.165, 1.54) is 0 Å². The number of rotatable bonds is 3. The van der Waals surface area contributed by atoms with Gasteiger partial charge in [-0.1, -0.05) is 6.07 Å². The molecule has 0 aliphatic rings. The third kappa shape index (κ3) is 2.44. The highest BCUT2D eigenvalue weighted by Gasteiger charge is 2.12. The lowest BCUT2D eigenvalue weighted by atomic mass is 10.1. The molecule has 0 amide bonds. The Bertz CT molecular complexity index is 559. The number of aromatic carboxylic acids is 1. The summed E-state index contributed by atoms with van der Waals surface area (Å²) in [6.45, 7) is 3.95. The molecule has 0 bridgehead atoms. The van der Waals surface area contributed by atoms with Crippen molar-refractivity contribution < 1.29 is 19.1 Å². The van der Waals surface area contributed by atoms with Crippen molar-refractivity contribution in [3.63, 3.8) is 0 Å². The van der Waals surface area contributed by atoms with Gasteiger partial charge in [-0.3, -0.25) is 0 Å². The number of hydrogen-bond acceptors (Lipinski definition) is 4. The minimum Gasteiger partial charge on any atom is -0.476 e. The first kappa shape index (κ1) is 11.2. The molecule has 1 aromatic heterocycles. The van der Waals surface area contributed by atoms with Crippen LogP contribution < -0.4 is 4.74 Å². The zero-order chi connectivity index (χ0) is 12.4. The fourth-order valence-corrected chi connectivity index (χ4v) is 1.28. The highest BCUT2D eigenvalue weighted by Crippen LogP contribution is 2.22. The van der Waals surface area contributed by atoms with Crippen LogP contribution in [0.15, 0.2) is 28.9 Å². The van der Waals surface area contributed by atoms with Gasteiger partial charge in [-0.2, -0.15) is 4.98 Å². The Morgan fingerprint density at radius 1 is 1.35 bits per heavy atom. The normalized spacial score (nSPS) is 10.2. The highest BCUT2D eigenvalue weighted by atomic mass is 16.6. The maximum atomic E-state index is 10.6. The molecule has 0 unspecified atom stereocenters. The second kappa shape index (κ2) is 4.29. The topological polar surface area (TPSA) is 72.6 Å². The number of benzene rings is 1. The molecule has 2 rings (SSSR count). The zero-order valence-corrected chi connectivity index (χ0v) is 9.43. The third-order valence-corrected chi connectivity index (χ3v) is 2.39. The first-order valence-corrected chi connectivity index (χ1v) is 5.00. The molecule has 2 aromatic rings. The van der Waals surface area contributed by atoms with Crippen LogP contribution in [0.2, 0.25) is 0 Å². The molecule has 0 aliphatic carbocycles. The number of oxazole rings is 1. The van der Waals surface area contributed by atoms with Gasteiger partial charge in [0.05, 0.1) is 0 Å². The molecule has 1 heterocycles. The van der Waals surface area contributed by atoms with E-state index in [0.717, 1.165) is 17.4 Å². The van der Waals surface area contributed by atoms with Gasteiger partial charge in [0.2, 0.25) is 0 Å². The molecule has 1 N–H and O–H groups in total. The monoisotopic (exact) mass is 233 g/mol. The van der Waals surface area contributed by atoms with Crippen LogP contribution in [0.25, 0.3) is 0 Å². The number of carboxylic acid groups (broad SMARTS) is 1. The molecular formula is C12H11NO4. The van der Waals surface area contributed by atoms with Crippen LogP contribution in [0.4, 0.5) is 0 Å². The van der Waals surface area contributed by atoms with E-state index < -0.39 is 5.97 Å². The summed E-state index contributed by atoms with van der Waals surface area (Å²) in [7, 11) is 0. The van der Waals surface area contributed by atoms with Gasteiger partial charge >= 0.3 is 12.0 Å². The molecule has 0 saturated heterocycles. The lowest BCUT2D eigenvalue weighted by molar-refractivity contribution is 0.0690. The van der Waals surface area contributed by atoms with E-state index in [1.807, 2.05) is 26.0 Å². The van der Waals surface area contributed by atoms with Crippen molar-refractivity contribution in [2.45, 2.75) is 13.8 Å². The molecule has 5 heteroatoms. The number of carboxylic acids is 1. The van der Waals surface area contributed by atoms with Crippen LogP contribution in [0.1, 0.15) is 21.6 Å². The molecule has 88 valence electrons. The van der Waals surface area contributed by atoms with Crippen LogP contribution in [-0.2, 0) is 0 Å². The molecule has 0 fully saturated rings. The van der Waals surface area contributed by atoms with Crippen LogP contribution in [0.3, 0.4) is 0 Å². The molecular weight excluding hydrogens is 222 g/mol. The van der Waals surface area contributed by atoms with E-state index in [1.54, 1.807) is 6.07 Å². The van der Waals surface area contributed by atoms with Crippen molar-refractivity contribution in [2.75, 3.05) is 0 Å². The minimum atomic E-state index is -1.15. The number of aryl methyl sites for hydroxylation is 2. The predicted octanol–water partition coefficient (Wildman–Crippen LogP) is 2.78. The Labute approximate surface area is 97.7 Å². The van der Waals surface area contributed by atoms with Crippen molar-refractivity contribution in [3.05, 3.63) is 41.3 Å². The standard InChI is InChI=1S/C12H11NO4/c1-7-3-4-9(5-8(7)2)17-12-13-10(6-16-12)11(14)15/h3-6H,1-2H3,(H,14,15). The lowest BCUT2D eigenvalue weighted by Gasteiger charge is -2.03. The molecule has 0 aliphatic heterocycles. The average Bonchev–Trinajstić information content (AvgIpc) is 2.72. The van der Waals surface area contributed by atoms with Crippen molar-refractivity contribution in [2.24, 2.45) is 0 Å². The predicted molar refractivity (Wildman–Crippen MR) is 59.5 cm³/mol. The van der Waals surface area contributed by atoms with Crippen molar-refractivity contribution in [1.29, 1.82) is 0 Å². The SMILES string of the molecule is Cc1ccc(Oc2nc(C(=O)O)co2)cc1C. The van der Waals surface area contributed by atoms with Crippen molar-refractivity contribution >= 4 is 5.97 Å².